The van der Waals surface area contributed by atoms with Gasteiger partial charge in [-0.1, -0.05) is 12.1 Å². The average molecular weight is 302 g/mol. The van der Waals surface area contributed by atoms with Gasteiger partial charge in [0.2, 0.25) is 10.0 Å². The summed E-state index contributed by atoms with van der Waals surface area (Å²) in [6, 6.07) is 5.50. The predicted molar refractivity (Wildman–Crippen MR) is 74.3 cm³/mol. The Morgan fingerprint density at radius 1 is 1.40 bits per heavy atom. The lowest BCUT2D eigenvalue weighted by Gasteiger charge is -2.27. The third-order valence-corrected chi connectivity index (χ3v) is 5.00. The molecule has 1 unspecified atom stereocenters. The minimum Gasteiger partial charge on any atom is -0.374 e. The van der Waals surface area contributed by atoms with Crippen molar-refractivity contribution in [1.29, 1.82) is 0 Å². The maximum Gasteiger partial charge on any atom is 0.218 e. The van der Waals surface area contributed by atoms with Crippen molar-refractivity contribution in [3.8, 4) is 0 Å². The molecule has 1 aliphatic heterocycles. The summed E-state index contributed by atoms with van der Waals surface area (Å²) < 4.78 is 44.0. The van der Waals surface area contributed by atoms with Crippen LogP contribution in [0.5, 0.6) is 0 Å². The van der Waals surface area contributed by atoms with E-state index in [-0.39, 0.29) is 17.7 Å². The van der Waals surface area contributed by atoms with E-state index in [1.165, 1.54) is 35.6 Å². The van der Waals surface area contributed by atoms with Crippen LogP contribution in [0.15, 0.2) is 24.3 Å². The standard InChI is InChI=1S/C13H19FN2O3S/c1-16(9-13-8-15-6-7-19-13)20(17,18)10-11-2-4-12(14)5-3-11/h2-5,13,15H,6-10H2,1H3. The van der Waals surface area contributed by atoms with E-state index >= 15 is 0 Å². The Hall–Kier alpha value is -1.02. The van der Waals surface area contributed by atoms with Gasteiger partial charge in [-0.05, 0) is 17.7 Å². The van der Waals surface area contributed by atoms with Gasteiger partial charge < -0.3 is 10.1 Å². The van der Waals surface area contributed by atoms with E-state index in [0.717, 1.165) is 6.54 Å². The van der Waals surface area contributed by atoms with Crippen LogP contribution < -0.4 is 5.32 Å². The summed E-state index contributed by atoms with van der Waals surface area (Å²) in [5.41, 5.74) is 0.570. The van der Waals surface area contributed by atoms with Crippen LogP contribution in [-0.4, -0.2) is 52.1 Å². The van der Waals surface area contributed by atoms with Gasteiger partial charge in [0.15, 0.2) is 0 Å². The van der Waals surface area contributed by atoms with E-state index in [1.807, 2.05) is 0 Å². The number of morpholine rings is 1. The number of halogens is 1. The quantitative estimate of drug-likeness (QED) is 0.864. The van der Waals surface area contributed by atoms with Crippen LogP contribution in [0, 0.1) is 5.82 Å². The van der Waals surface area contributed by atoms with Crippen molar-refractivity contribution in [2.75, 3.05) is 33.3 Å². The Balaban J connectivity index is 1.96. The van der Waals surface area contributed by atoms with Crippen LogP contribution in [0.2, 0.25) is 0 Å². The first-order valence-electron chi connectivity index (χ1n) is 6.48. The number of sulfonamides is 1. The van der Waals surface area contributed by atoms with Gasteiger partial charge in [-0.2, -0.15) is 0 Å². The predicted octanol–water partition coefficient (Wildman–Crippen LogP) is 0.576. The number of hydrogen-bond acceptors (Lipinski definition) is 4. The number of ether oxygens (including phenoxy) is 1. The van der Waals surface area contributed by atoms with Gasteiger partial charge in [0.25, 0.3) is 0 Å². The van der Waals surface area contributed by atoms with E-state index in [9.17, 15) is 12.8 Å². The number of nitrogens with one attached hydrogen (secondary N) is 1. The zero-order chi connectivity index (χ0) is 14.6. The number of benzene rings is 1. The van der Waals surface area contributed by atoms with E-state index in [1.54, 1.807) is 0 Å². The number of likely N-dealkylation sites (N-methyl/N-ethyl adjacent to an activating group) is 1. The smallest absolute Gasteiger partial charge is 0.218 e. The lowest BCUT2D eigenvalue weighted by molar-refractivity contribution is 0.0206. The minimum atomic E-state index is -3.42. The first-order valence-corrected chi connectivity index (χ1v) is 8.09. The maximum absolute atomic E-state index is 12.8. The van der Waals surface area contributed by atoms with Crippen LogP contribution in [0.25, 0.3) is 0 Å². The number of hydrogen-bond donors (Lipinski definition) is 1. The minimum absolute atomic E-state index is 0.128. The average Bonchev–Trinajstić information content (AvgIpc) is 2.42. The van der Waals surface area contributed by atoms with Crippen LogP contribution in [-0.2, 0) is 20.5 Å². The highest BCUT2D eigenvalue weighted by Crippen LogP contribution is 2.12. The molecule has 1 fully saturated rings. The third kappa shape index (κ3) is 4.24. The Bertz CT molecular complexity index is 527. The molecule has 1 N–H and O–H groups in total. The van der Waals surface area contributed by atoms with Gasteiger partial charge in [0.05, 0.1) is 18.5 Å². The molecule has 112 valence electrons. The summed E-state index contributed by atoms with van der Waals surface area (Å²) in [7, 11) is -1.88. The fraction of sp³-hybridized carbons (Fsp3) is 0.538. The summed E-state index contributed by atoms with van der Waals surface area (Å²) >= 11 is 0. The Kier molecular flexibility index (Phi) is 5.09. The second-order valence-corrected chi connectivity index (χ2v) is 6.94. The lowest BCUT2D eigenvalue weighted by atomic mass is 10.2. The summed E-state index contributed by atoms with van der Waals surface area (Å²) in [6.45, 7) is 2.35. The zero-order valence-electron chi connectivity index (χ0n) is 11.4. The van der Waals surface area contributed by atoms with E-state index < -0.39 is 10.0 Å². The Labute approximate surface area is 118 Å². The normalized spacial score (nSPS) is 20.2. The largest absolute Gasteiger partial charge is 0.374 e. The highest BCUT2D eigenvalue weighted by atomic mass is 32.2. The topological polar surface area (TPSA) is 58.6 Å². The Morgan fingerprint density at radius 2 is 2.10 bits per heavy atom. The maximum atomic E-state index is 12.8. The van der Waals surface area contributed by atoms with E-state index in [2.05, 4.69) is 5.32 Å². The van der Waals surface area contributed by atoms with Gasteiger partial charge >= 0.3 is 0 Å². The third-order valence-electron chi connectivity index (χ3n) is 3.20. The highest BCUT2D eigenvalue weighted by molar-refractivity contribution is 7.88. The first kappa shape index (κ1) is 15.4. The Morgan fingerprint density at radius 3 is 2.70 bits per heavy atom. The molecule has 20 heavy (non-hydrogen) atoms. The molecule has 0 amide bonds. The van der Waals surface area contributed by atoms with Crippen LogP contribution in [0.4, 0.5) is 4.39 Å². The van der Waals surface area contributed by atoms with Crippen LogP contribution in [0.1, 0.15) is 5.56 Å². The molecule has 7 heteroatoms. The molecule has 0 radical (unpaired) electrons. The second-order valence-electron chi connectivity index (χ2n) is 4.86. The molecule has 2 rings (SSSR count). The van der Waals surface area contributed by atoms with E-state index in [0.29, 0.717) is 25.3 Å². The first-order chi connectivity index (χ1) is 9.47. The van der Waals surface area contributed by atoms with Crippen LogP contribution in [0.3, 0.4) is 0 Å². The van der Waals surface area contributed by atoms with Gasteiger partial charge in [-0.15, -0.1) is 0 Å². The van der Waals surface area contributed by atoms with Crippen molar-refractivity contribution < 1.29 is 17.5 Å². The molecule has 1 aliphatic rings. The summed E-state index contributed by atoms with van der Waals surface area (Å²) in [4.78, 5) is 0. The van der Waals surface area contributed by atoms with Gasteiger partial charge in [0.1, 0.15) is 5.82 Å². The molecule has 1 saturated heterocycles. The fourth-order valence-corrected chi connectivity index (χ4v) is 3.27. The van der Waals surface area contributed by atoms with Gasteiger partial charge in [0, 0.05) is 26.7 Å². The molecule has 0 bridgehead atoms. The molecule has 1 aromatic rings. The molecule has 5 nitrogen and oxygen atoms in total. The van der Waals surface area contributed by atoms with Crippen molar-refractivity contribution in [2.24, 2.45) is 0 Å². The van der Waals surface area contributed by atoms with Crippen molar-refractivity contribution in [2.45, 2.75) is 11.9 Å². The summed E-state index contributed by atoms with van der Waals surface area (Å²) in [5.74, 6) is -0.509. The fourth-order valence-electron chi connectivity index (χ4n) is 2.04. The molecule has 0 aliphatic carbocycles. The van der Waals surface area contributed by atoms with Crippen molar-refractivity contribution in [3.63, 3.8) is 0 Å². The molecular formula is C13H19FN2O3S. The van der Waals surface area contributed by atoms with Gasteiger partial charge in [-0.25, -0.2) is 17.1 Å². The highest BCUT2D eigenvalue weighted by Gasteiger charge is 2.23. The van der Waals surface area contributed by atoms with Crippen molar-refractivity contribution in [3.05, 3.63) is 35.6 Å². The SMILES string of the molecule is CN(CC1CNCCO1)S(=O)(=O)Cc1ccc(F)cc1. The van der Waals surface area contributed by atoms with Crippen LogP contribution >= 0.6 is 0 Å². The summed E-state index contributed by atoms with van der Waals surface area (Å²) in [5, 5.41) is 3.16. The molecule has 1 heterocycles. The monoisotopic (exact) mass is 302 g/mol. The van der Waals surface area contributed by atoms with Crippen molar-refractivity contribution >= 4 is 10.0 Å². The van der Waals surface area contributed by atoms with Gasteiger partial charge in [-0.3, -0.25) is 0 Å². The zero-order valence-corrected chi connectivity index (χ0v) is 12.2. The molecule has 1 atom stereocenters. The number of rotatable bonds is 5. The molecule has 0 aromatic heterocycles. The summed E-state index contributed by atoms with van der Waals surface area (Å²) in [6.07, 6.45) is -0.128. The molecule has 0 saturated carbocycles. The lowest BCUT2D eigenvalue weighted by Crippen LogP contribution is -2.45. The molecular weight excluding hydrogens is 283 g/mol. The van der Waals surface area contributed by atoms with Crippen molar-refractivity contribution in [1.82, 2.24) is 9.62 Å². The number of nitrogens with zero attached hydrogens (tertiary/aromatic N) is 1. The molecule has 1 aromatic carbocycles. The molecule has 0 spiro atoms. The van der Waals surface area contributed by atoms with E-state index in [4.69, 9.17) is 4.74 Å². The second kappa shape index (κ2) is 6.62.